The largest absolute Gasteiger partial charge is 0.493 e. The Balaban J connectivity index is 2.14. The van der Waals surface area contributed by atoms with Crippen molar-refractivity contribution in [2.45, 2.75) is 6.42 Å². The zero-order valence-electron chi connectivity index (χ0n) is 9.10. The number of hydrogen-bond donors (Lipinski definition) is 1. The van der Waals surface area contributed by atoms with Crippen molar-refractivity contribution in [2.75, 3.05) is 12.3 Å². The molecular formula is C12H13N3O. The van der Waals surface area contributed by atoms with Crippen molar-refractivity contribution in [2.24, 2.45) is 7.05 Å². The molecule has 0 fully saturated rings. The third-order valence-corrected chi connectivity index (χ3v) is 2.93. The number of aromatic nitrogens is 2. The van der Waals surface area contributed by atoms with Crippen LogP contribution in [0.25, 0.3) is 11.3 Å². The number of fused-ring (bicyclic) bond motifs is 1. The maximum atomic E-state index is 5.90. The average molecular weight is 215 g/mol. The maximum Gasteiger partial charge on any atom is 0.122 e. The van der Waals surface area contributed by atoms with E-state index in [1.807, 2.05) is 19.2 Å². The zero-order chi connectivity index (χ0) is 11.1. The molecule has 0 amide bonds. The summed E-state index contributed by atoms with van der Waals surface area (Å²) in [7, 11) is 1.90. The second kappa shape index (κ2) is 3.27. The van der Waals surface area contributed by atoms with E-state index in [0.29, 0.717) is 5.69 Å². The first-order chi connectivity index (χ1) is 7.75. The van der Waals surface area contributed by atoms with Crippen LogP contribution in [-0.4, -0.2) is 16.4 Å². The van der Waals surface area contributed by atoms with Crippen LogP contribution in [0.5, 0.6) is 5.75 Å². The predicted octanol–water partition coefficient (Wildman–Crippen LogP) is 1.60. The van der Waals surface area contributed by atoms with Crippen LogP contribution in [0.1, 0.15) is 5.56 Å². The average Bonchev–Trinajstić information content (AvgIpc) is 2.85. The molecule has 1 aliphatic heterocycles. The number of nitrogens with zero attached hydrogens (tertiary/aromatic N) is 2. The van der Waals surface area contributed by atoms with Gasteiger partial charge in [0, 0.05) is 19.0 Å². The van der Waals surface area contributed by atoms with E-state index in [-0.39, 0.29) is 0 Å². The summed E-state index contributed by atoms with van der Waals surface area (Å²) in [5, 5.41) is 4.15. The molecule has 2 N–H and O–H groups in total. The van der Waals surface area contributed by atoms with E-state index in [2.05, 4.69) is 11.2 Å². The third-order valence-electron chi connectivity index (χ3n) is 2.93. The van der Waals surface area contributed by atoms with Crippen LogP contribution >= 0.6 is 0 Å². The number of anilines is 1. The molecule has 0 saturated carbocycles. The first kappa shape index (κ1) is 9.27. The van der Waals surface area contributed by atoms with E-state index in [1.165, 1.54) is 5.56 Å². The monoisotopic (exact) mass is 215 g/mol. The Labute approximate surface area is 93.6 Å². The molecule has 82 valence electrons. The quantitative estimate of drug-likeness (QED) is 0.786. The standard InChI is InChI=1S/C12H13N3O/c1-15-12(10(13)7-14-15)9-2-3-11-8(6-9)4-5-16-11/h2-3,6-7H,4-5,13H2,1H3. The zero-order valence-corrected chi connectivity index (χ0v) is 9.10. The highest BCUT2D eigenvalue weighted by Gasteiger charge is 2.15. The maximum absolute atomic E-state index is 5.90. The Morgan fingerprint density at radius 1 is 1.44 bits per heavy atom. The molecule has 0 bridgehead atoms. The SMILES string of the molecule is Cn1ncc(N)c1-c1ccc2c(c1)CCO2. The van der Waals surface area contributed by atoms with E-state index >= 15 is 0 Å². The molecule has 0 unspecified atom stereocenters. The summed E-state index contributed by atoms with van der Waals surface area (Å²) in [5.74, 6) is 0.990. The highest BCUT2D eigenvalue weighted by Crippen LogP contribution is 2.32. The third kappa shape index (κ3) is 1.26. The van der Waals surface area contributed by atoms with E-state index in [4.69, 9.17) is 10.5 Å². The van der Waals surface area contributed by atoms with Gasteiger partial charge in [-0.3, -0.25) is 4.68 Å². The molecule has 3 rings (SSSR count). The van der Waals surface area contributed by atoms with Gasteiger partial charge in [0.15, 0.2) is 0 Å². The number of nitrogens with two attached hydrogens (primary N) is 1. The fourth-order valence-corrected chi connectivity index (χ4v) is 2.14. The summed E-state index contributed by atoms with van der Waals surface area (Å²) in [6.45, 7) is 0.777. The van der Waals surface area contributed by atoms with Gasteiger partial charge < -0.3 is 10.5 Å². The van der Waals surface area contributed by atoms with Crippen molar-refractivity contribution < 1.29 is 4.74 Å². The number of rotatable bonds is 1. The van der Waals surface area contributed by atoms with Gasteiger partial charge in [-0.2, -0.15) is 5.10 Å². The lowest BCUT2D eigenvalue weighted by molar-refractivity contribution is 0.357. The Morgan fingerprint density at radius 2 is 2.31 bits per heavy atom. The molecule has 4 heteroatoms. The predicted molar refractivity (Wildman–Crippen MR) is 62.3 cm³/mol. The first-order valence-corrected chi connectivity index (χ1v) is 5.29. The van der Waals surface area contributed by atoms with Crippen LogP contribution in [0.3, 0.4) is 0 Å². The van der Waals surface area contributed by atoms with Gasteiger partial charge in [-0.05, 0) is 23.8 Å². The first-order valence-electron chi connectivity index (χ1n) is 5.29. The molecule has 2 heterocycles. The van der Waals surface area contributed by atoms with Crippen molar-refractivity contribution in [3.8, 4) is 17.0 Å². The number of ether oxygens (including phenoxy) is 1. The van der Waals surface area contributed by atoms with Crippen LogP contribution in [0.2, 0.25) is 0 Å². The van der Waals surface area contributed by atoms with Crippen molar-refractivity contribution in [3.63, 3.8) is 0 Å². The molecule has 1 aromatic carbocycles. The van der Waals surface area contributed by atoms with E-state index in [1.54, 1.807) is 10.9 Å². The summed E-state index contributed by atoms with van der Waals surface area (Å²) < 4.78 is 7.28. The molecule has 16 heavy (non-hydrogen) atoms. The number of hydrogen-bond acceptors (Lipinski definition) is 3. The van der Waals surface area contributed by atoms with E-state index in [9.17, 15) is 0 Å². The molecule has 4 nitrogen and oxygen atoms in total. The minimum absolute atomic E-state index is 0.710. The molecule has 2 aromatic rings. The minimum Gasteiger partial charge on any atom is -0.493 e. The molecule has 1 aromatic heterocycles. The molecular weight excluding hydrogens is 202 g/mol. The van der Waals surface area contributed by atoms with Crippen molar-refractivity contribution in [1.82, 2.24) is 9.78 Å². The normalized spacial score (nSPS) is 13.6. The van der Waals surface area contributed by atoms with Crippen LogP contribution in [-0.2, 0) is 13.5 Å². The van der Waals surface area contributed by atoms with Gasteiger partial charge in [-0.15, -0.1) is 0 Å². The van der Waals surface area contributed by atoms with Crippen LogP contribution < -0.4 is 10.5 Å². The molecule has 0 aliphatic carbocycles. The lowest BCUT2D eigenvalue weighted by atomic mass is 10.1. The number of aryl methyl sites for hydroxylation is 1. The highest BCUT2D eigenvalue weighted by atomic mass is 16.5. The van der Waals surface area contributed by atoms with Crippen molar-refractivity contribution in [1.29, 1.82) is 0 Å². The lowest BCUT2D eigenvalue weighted by Crippen LogP contribution is -1.96. The second-order valence-corrected chi connectivity index (χ2v) is 3.99. The molecule has 0 saturated heterocycles. The van der Waals surface area contributed by atoms with E-state index in [0.717, 1.165) is 30.0 Å². The van der Waals surface area contributed by atoms with Gasteiger partial charge in [0.25, 0.3) is 0 Å². The summed E-state index contributed by atoms with van der Waals surface area (Å²) in [6, 6.07) is 6.16. The summed E-state index contributed by atoms with van der Waals surface area (Å²) >= 11 is 0. The smallest absolute Gasteiger partial charge is 0.122 e. The summed E-state index contributed by atoms with van der Waals surface area (Å²) in [6.07, 6.45) is 2.65. The van der Waals surface area contributed by atoms with Crippen LogP contribution in [0, 0.1) is 0 Å². The molecule has 0 spiro atoms. The molecule has 0 atom stereocenters. The fraction of sp³-hybridized carbons (Fsp3) is 0.250. The molecule has 0 radical (unpaired) electrons. The van der Waals surface area contributed by atoms with Crippen molar-refractivity contribution >= 4 is 5.69 Å². The minimum atomic E-state index is 0.710. The Kier molecular flexibility index (Phi) is 1.89. The number of benzene rings is 1. The Hall–Kier alpha value is -1.97. The van der Waals surface area contributed by atoms with Gasteiger partial charge in [0.2, 0.25) is 0 Å². The van der Waals surface area contributed by atoms with Crippen molar-refractivity contribution in [3.05, 3.63) is 30.0 Å². The molecule has 1 aliphatic rings. The fourth-order valence-electron chi connectivity index (χ4n) is 2.14. The summed E-state index contributed by atoms with van der Waals surface area (Å²) in [5.41, 5.74) is 9.93. The Morgan fingerprint density at radius 3 is 3.06 bits per heavy atom. The van der Waals surface area contributed by atoms with Gasteiger partial charge in [-0.1, -0.05) is 0 Å². The van der Waals surface area contributed by atoms with E-state index < -0.39 is 0 Å². The Bertz CT molecular complexity index is 526. The van der Waals surface area contributed by atoms with Gasteiger partial charge in [-0.25, -0.2) is 0 Å². The second-order valence-electron chi connectivity index (χ2n) is 3.99. The highest BCUT2D eigenvalue weighted by molar-refractivity contribution is 5.73. The van der Waals surface area contributed by atoms with Gasteiger partial charge in [0.05, 0.1) is 24.2 Å². The lowest BCUT2D eigenvalue weighted by Gasteiger charge is -2.05. The van der Waals surface area contributed by atoms with Crippen LogP contribution in [0.4, 0.5) is 5.69 Å². The van der Waals surface area contributed by atoms with Gasteiger partial charge >= 0.3 is 0 Å². The van der Waals surface area contributed by atoms with Gasteiger partial charge in [0.1, 0.15) is 5.75 Å². The van der Waals surface area contributed by atoms with Crippen LogP contribution in [0.15, 0.2) is 24.4 Å². The number of nitrogen functional groups attached to an aromatic ring is 1. The topological polar surface area (TPSA) is 53.1 Å². The summed E-state index contributed by atoms with van der Waals surface area (Å²) in [4.78, 5) is 0.